The SMILES string of the molecule is CCCCNc1ccc(C(=O)O)c(OCCOCCOCCOCCOCCOCCOCCOCCOC)c1CC. The van der Waals surface area contributed by atoms with Crippen molar-refractivity contribution in [2.45, 2.75) is 33.1 Å². The quantitative estimate of drug-likeness (QED) is 0.121. The van der Waals surface area contributed by atoms with Gasteiger partial charge in [-0.05, 0) is 25.0 Å². The van der Waals surface area contributed by atoms with Crippen LogP contribution in [0, 0.1) is 0 Å². The number of unbranched alkanes of at least 4 members (excludes halogenated alkanes) is 1. The molecule has 12 nitrogen and oxygen atoms in total. The maximum atomic E-state index is 11.7. The van der Waals surface area contributed by atoms with Crippen LogP contribution in [0.15, 0.2) is 12.1 Å². The molecular weight excluding hydrogens is 550 g/mol. The van der Waals surface area contributed by atoms with Crippen LogP contribution in [0.25, 0.3) is 0 Å². The summed E-state index contributed by atoms with van der Waals surface area (Å²) < 4.78 is 48.9. The second-order valence-corrected chi connectivity index (χ2v) is 9.04. The highest BCUT2D eigenvalue weighted by atomic mass is 16.6. The predicted molar refractivity (Wildman–Crippen MR) is 159 cm³/mol. The minimum absolute atomic E-state index is 0.160. The van der Waals surface area contributed by atoms with Crippen molar-refractivity contribution < 1.29 is 52.5 Å². The molecular formula is C30H53NO11. The van der Waals surface area contributed by atoms with Gasteiger partial charge in [-0.2, -0.15) is 0 Å². The summed E-state index contributed by atoms with van der Waals surface area (Å²) in [6.07, 6.45) is 2.78. The minimum atomic E-state index is -1.01. The summed E-state index contributed by atoms with van der Waals surface area (Å²) in [7, 11) is 1.64. The number of ether oxygens (including phenoxy) is 9. The number of hydrogen-bond donors (Lipinski definition) is 2. The van der Waals surface area contributed by atoms with Gasteiger partial charge >= 0.3 is 5.97 Å². The molecule has 0 aliphatic heterocycles. The van der Waals surface area contributed by atoms with E-state index in [9.17, 15) is 9.90 Å². The van der Waals surface area contributed by atoms with E-state index in [2.05, 4.69) is 12.2 Å². The van der Waals surface area contributed by atoms with Gasteiger partial charge in [-0.25, -0.2) is 4.79 Å². The number of benzene rings is 1. The van der Waals surface area contributed by atoms with Crippen molar-refractivity contribution in [3.63, 3.8) is 0 Å². The van der Waals surface area contributed by atoms with Crippen molar-refractivity contribution in [2.24, 2.45) is 0 Å². The lowest BCUT2D eigenvalue weighted by atomic mass is 10.0. The molecule has 1 rings (SSSR count). The molecule has 0 fully saturated rings. The molecule has 0 heterocycles. The lowest BCUT2D eigenvalue weighted by Gasteiger charge is -2.18. The summed E-state index contributed by atoms with van der Waals surface area (Å²) in [6.45, 7) is 12.6. The first-order valence-corrected chi connectivity index (χ1v) is 14.9. The fraction of sp³-hybridized carbons (Fsp3) is 0.767. The number of methoxy groups -OCH3 is 1. The Hall–Kier alpha value is -2.03. The third-order valence-corrected chi connectivity index (χ3v) is 5.83. The van der Waals surface area contributed by atoms with E-state index >= 15 is 0 Å². The van der Waals surface area contributed by atoms with Gasteiger partial charge in [-0.3, -0.25) is 0 Å². The minimum Gasteiger partial charge on any atom is -0.490 e. The van der Waals surface area contributed by atoms with Crippen LogP contribution in [0.3, 0.4) is 0 Å². The Balaban J connectivity index is 1.97. The van der Waals surface area contributed by atoms with E-state index in [1.54, 1.807) is 13.2 Å². The smallest absolute Gasteiger partial charge is 0.339 e. The van der Waals surface area contributed by atoms with Crippen LogP contribution in [-0.2, 0) is 44.3 Å². The molecule has 0 unspecified atom stereocenters. The zero-order valence-electron chi connectivity index (χ0n) is 25.8. The number of hydrogen-bond acceptors (Lipinski definition) is 11. The second kappa shape index (κ2) is 27.8. The van der Waals surface area contributed by atoms with E-state index in [1.807, 2.05) is 13.0 Å². The van der Waals surface area contributed by atoms with Gasteiger partial charge < -0.3 is 53.1 Å². The van der Waals surface area contributed by atoms with Gasteiger partial charge in [0.1, 0.15) is 17.9 Å². The van der Waals surface area contributed by atoms with Crippen LogP contribution in [0.2, 0.25) is 0 Å². The molecule has 12 heteroatoms. The van der Waals surface area contributed by atoms with Gasteiger partial charge in [-0.15, -0.1) is 0 Å². The zero-order chi connectivity index (χ0) is 30.5. The van der Waals surface area contributed by atoms with Gasteiger partial charge in [0, 0.05) is 24.9 Å². The van der Waals surface area contributed by atoms with E-state index in [0.717, 1.165) is 30.6 Å². The Morgan fingerprint density at radius 1 is 0.667 bits per heavy atom. The van der Waals surface area contributed by atoms with E-state index in [-0.39, 0.29) is 12.2 Å². The van der Waals surface area contributed by atoms with Crippen molar-refractivity contribution in [3.05, 3.63) is 23.3 Å². The number of carboxylic acids is 1. The van der Waals surface area contributed by atoms with Crippen LogP contribution in [0.1, 0.15) is 42.6 Å². The fourth-order valence-electron chi connectivity index (χ4n) is 3.64. The maximum Gasteiger partial charge on any atom is 0.339 e. The van der Waals surface area contributed by atoms with Crippen LogP contribution in [0.5, 0.6) is 5.75 Å². The third-order valence-electron chi connectivity index (χ3n) is 5.83. The number of anilines is 1. The van der Waals surface area contributed by atoms with Crippen LogP contribution < -0.4 is 10.1 Å². The Morgan fingerprint density at radius 3 is 1.48 bits per heavy atom. The molecule has 0 atom stereocenters. The van der Waals surface area contributed by atoms with Crippen LogP contribution in [0.4, 0.5) is 5.69 Å². The van der Waals surface area contributed by atoms with Crippen molar-refractivity contribution >= 4 is 11.7 Å². The molecule has 0 saturated carbocycles. The largest absolute Gasteiger partial charge is 0.490 e. The molecule has 1 aromatic carbocycles. The molecule has 244 valence electrons. The Kier molecular flexibility index (Phi) is 25.1. The number of carbonyl (C=O) groups is 1. The summed E-state index contributed by atoms with van der Waals surface area (Å²) in [4.78, 5) is 11.7. The fourth-order valence-corrected chi connectivity index (χ4v) is 3.64. The highest BCUT2D eigenvalue weighted by molar-refractivity contribution is 5.92. The Bertz CT molecular complexity index is 782. The van der Waals surface area contributed by atoms with E-state index in [0.29, 0.717) is 111 Å². The van der Waals surface area contributed by atoms with E-state index in [1.165, 1.54) is 0 Å². The molecule has 0 radical (unpaired) electrons. The molecule has 0 aliphatic carbocycles. The number of carboxylic acid groups (broad SMARTS) is 1. The van der Waals surface area contributed by atoms with Gasteiger partial charge in [0.05, 0.1) is 99.1 Å². The van der Waals surface area contributed by atoms with Gasteiger partial charge in [0.15, 0.2) is 0 Å². The van der Waals surface area contributed by atoms with Crippen molar-refractivity contribution in [2.75, 3.05) is 125 Å². The average molecular weight is 604 g/mol. The molecule has 2 N–H and O–H groups in total. The monoisotopic (exact) mass is 603 g/mol. The topological polar surface area (TPSA) is 132 Å². The molecule has 0 bridgehead atoms. The van der Waals surface area contributed by atoms with Crippen LogP contribution >= 0.6 is 0 Å². The first-order valence-electron chi connectivity index (χ1n) is 14.9. The van der Waals surface area contributed by atoms with Gasteiger partial charge in [0.25, 0.3) is 0 Å². The zero-order valence-corrected chi connectivity index (χ0v) is 25.8. The maximum absolute atomic E-state index is 11.7. The molecule has 0 aliphatic rings. The predicted octanol–water partition coefficient (Wildman–Crippen LogP) is 3.30. The lowest BCUT2D eigenvalue weighted by molar-refractivity contribution is -0.0227. The highest BCUT2D eigenvalue weighted by Gasteiger charge is 2.18. The first-order chi connectivity index (χ1) is 20.7. The Morgan fingerprint density at radius 2 is 1.10 bits per heavy atom. The number of rotatable bonds is 31. The third kappa shape index (κ3) is 19.2. The van der Waals surface area contributed by atoms with E-state index < -0.39 is 5.97 Å². The van der Waals surface area contributed by atoms with Gasteiger partial charge in [-0.1, -0.05) is 20.3 Å². The van der Waals surface area contributed by atoms with Gasteiger partial charge in [0.2, 0.25) is 0 Å². The molecule has 42 heavy (non-hydrogen) atoms. The summed E-state index contributed by atoms with van der Waals surface area (Å²) >= 11 is 0. The van der Waals surface area contributed by atoms with Crippen molar-refractivity contribution in [1.82, 2.24) is 0 Å². The number of nitrogens with one attached hydrogen (secondary N) is 1. The lowest BCUT2D eigenvalue weighted by Crippen LogP contribution is -2.16. The summed E-state index contributed by atoms with van der Waals surface area (Å²) in [5.41, 5.74) is 1.94. The van der Waals surface area contributed by atoms with Crippen molar-refractivity contribution in [1.29, 1.82) is 0 Å². The Labute approximate surface area is 251 Å². The summed E-state index contributed by atoms with van der Waals surface area (Å²) in [5, 5.41) is 13.0. The average Bonchev–Trinajstić information content (AvgIpc) is 2.99. The molecule has 0 saturated heterocycles. The van der Waals surface area contributed by atoms with E-state index in [4.69, 9.17) is 42.6 Å². The summed E-state index contributed by atoms with van der Waals surface area (Å²) in [5.74, 6) is -0.605. The van der Waals surface area contributed by atoms with Crippen molar-refractivity contribution in [3.8, 4) is 5.75 Å². The molecule has 0 aromatic heterocycles. The first kappa shape index (κ1) is 38.0. The molecule has 0 amide bonds. The highest BCUT2D eigenvalue weighted by Crippen LogP contribution is 2.31. The second-order valence-electron chi connectivity index (χ2n) is 9.04. The standard InChI is InChI=1S/C30H53NO11/c1-4-6-9-31-28-8-7-27(30(32)33)29(26(28)5-2)42-25-24-41-23-22-40-21-20-39-19-18-38-17-16-37-15-14-36-13-12-35-11-10-34-3/h7-8,31H,4-6,9-25H2,1-3H3,(H,32,33). The summed E-state index contributed by atoms with van der Waals surface area (Å²) in [6, 6.07) is 3.40. The number of aromatic carboxylic acids is 1. The molecule has 0 spiro atoms. The van der Waals surface area contributed by atoms with Crippen LogP contribution in [-0.4, -0.2) is 130 Å². The normalized spacial score (nSPS) is 11.2. The molecule has 1 aromatic rings.